The Balaban J connectivity index is 2.56. The van der Waals surface area contributed by atoms with E-state index in [1.807, 2.05) is 0 Å². The van der Waals surface area contributed by atoms with Crippen LogP contribution < -0.4 is 0 Å². The molecule has 1 aromatic carbocycles. The fourth-order valence-corrected chi connectivity index (χ4v) is 2.61. The minimum absolute atomic E-state index is 0.252. The number of benzene rings is 1. The van der Waals surface area contributed by atoms with E-state index in [1.165, 1.54) is 35.1 Å². The molecule has 0 spiro atoms. The Labute approximate surface area is 84.9 Å². The molecule has 1 aliphatic rings. The van der Waals surface area contributed by atoms with Crippen LogP contribution in [-0.2, 0) is 6.42 Å². The van der Waals surface area contributed by atoms with Gasteiger partial charge in [0.15, 0.2) is 0 Å². The van der Waals surface area contributed by atoms with Crippen LogP contribution in [0.1, 0.15) is 40.5 Å². The van der Waals surface area contributed by atoms with Crippen LogP contribution in [0.3, 0.4) is 0 Å². The SMILES string of the molecule is Cc1cc(C)c2c(c1)C(Cl)CCC2. The Hall–Kier alpha value is -0.490. The van der Waals surface area contributed by atoms with Crippen molar-refractivity contribution >= 4 is 11.6 Å². The summed E-state index contributed by atoms with van der Waals surface area (Å²) in [5.74, 6) is 0. The third-order valence-corrected chi connectivity index (χ3v) is 3.33. The van der Waals surface area contributed by atoms with E-state index in [1.54, 1.807) is 0 Å². The molecule has 13 heavy (non-hydrogen) atoms. The topological polar surface area (TPSA) is 0 Å². The third kappa shape index (κ3) is 1.60. The predicted octanol–water partition coefficient (Wildman–Crippen LogP) is 3.92. The first kappa shape index (κ1) is 9.08. The monoisotopic (exact) mass is 194 g/mol. The number of hydrogen-bond acceptors (Lipinski definition) is 0. The Morgan fingerprint density at radius 2 is 2.08 bits per heavy atom. The third-order valence-electron chi connectivity index (χ3n) is 2.87. The standard InChI is InChI=1S/C12H15Cl/c1-8-6-9(2)10-4-3-5-12(13)11(10)7-8/h6-7,12H,3-5H2,1-2H3. The van der Waals surface area contributed by atoms with Gasteiger partial charge < -0.3 is 0 Å². The summed E-state index contributed by atoms with van der Waals surface area (Å²) in [4.78, 5) is 0. The quantitative estimate of drug-likeness (QED) is 0.550. The van der Waals surface area contributed by atoms with E-state index in [9.17, 15) is 0 Å². The lowest BCUT2D eigenvalue weighted by Crippen LogP contribution is -2.07. The molecule has 1 heteroatoms. The van der Waals surface area contributed by atoms with Gasteiger partial charge in [-0.05, 0) is 49.8 Å². The molecule has 0 radical (unpaired) electrons. The van der Waals surface area contributed by atoms with Crippen molar-refractivity contribution in [3.63, 3.8) is 0 Å². The van der Waals surface area contributed by atoms with Crippen molar-refractivity contribution in [2.24, 2.45) is 0 Å². The molecule has 1 aliphatic carbocycles. The molecule has 0 aliphatic heterocycles. The van der Waals surface area contributed by atoms with E-state index in [-0.39, 0.29) is 5.38 Å². The molecule has 0 bridgehead atoms. The highest BCUT2D eigenvalue weighted by atomic mass is 35.5. The molecule has 0 saturated heterocycles. The number of hydrogen-bond donors (Lipinski definition) is 0. The van der Waals surface area contributed by atoms with Gasteiger partial charge in [0.2, 0.25) is 0 Å². The van der Waals surface area contributed by atoms with Crippen LogP contribution in [0.5, 0.6) is 0 Å². The number of rotatable bonds is 0. The van der Waals surface area contributed by atoms with Gasteiger partial charge in [0.05, 0.1) is 5.38 Å². The normalized spacial score (nSPS) is 21.3. The Morgan fingerprint density at radius 3 is 2.85 bits per heavy atom. The summed E-state index contributed by atoms with van der Waals surface area (Å²) in [6.45, 7) is 4.34. The van der Waals surface area contributed by atoms with Crippen molar-refractivity contribution in [1.29, 1.82) is 0 Å². The minimum atomic E-state index is 0.252. The van der Waals surface area contributed by atoms with Gasteiger partial charge in [-0.1, -0.05) is 17.7 Å². The van der Waals surface area contributed by atoms with Crippen molar-refractivity contribution in [3.05, 3.63) is 34.4 Å². The number of alkyl halides is 1. The summed E-state index contributed by atoms with van der Waals surface area (Å²) in [7, 11) is 0. The van der Waals surface area contributed by atoms with Crippen LogP contribution >= 0.6 is 11.6 Å². The van der Waals surface area contributed by atoms with Crippen LogP contribution in [0.4, 0.5) is 0 Å². The zero-order chi connectivity index (χ0) is 9.42. The molecule has 0 saturated carbocycles. The fourth-order valence-electron chi connectivity index (χ4n) is 2.26. The van der Waals surface area contributed by atoms with Crippen molar-refractivity contribution in [2.45, 2.75) is 38.5 Å². The smallest absolute Gasteiger partial charge is 0.0588 e. The van der Waals surface area contributed by atoms with Gasteiger partial charge in [0.25, 0.3) is 0 Å². The highest BCUT2D eigenvalue weighted by molar-refractivity contribution is 6.21. The zero-order valence-corrected chi connectivity index (χ0v) is 8.99. The van der Waals surface area contributed by atoms with Crippen molar-refractivity contribution in [2.75, 3.05) is 0 Å². The molecule has 1 unspecified atom stereocenters. The molecule has 70 valence electrons. The van der Waals surface area contributed by atoms with Crippen LogP contribution in [-0.4, -0.2) is 0 Å². The Morgan fingerprint density at radius 1 is 1.31 bits per heavy atom. The average Bonchev–Trinajstić information content (AvgIpc) is 2.07. The summed E-state index contributed by atoms with van der Waals surface area (Å²) in [6, 6.07) is 4.51. The summed E-state index contributed by atoms with van der Waals surface area (Å²) in [5, 5.41) is 0.252. The lowest BCUT2D eigenvalue weighted by Gasteiger charge is -2.23. The second-order valence-corrected chi connectivity index (χ2v) is 4.54. The molecule has 0 amide bonds. The molecule has 0 N–H and O–H groups in total. The lowest BCUT2D eigenvalue weighted by atomic mass is 9.87. The van der Waals surface area contributed by atoms with E-state index in [0.29, 0.717) is 0 Å². The van der Waals surface area contributed by atoms with Crippen LogP contribution in [0.25, 0.3) is 0 Å². The molecule has 1 atom stereocenters. The number of fused-ring (bicyclic) bond motifs is 1. The first-order chi connectivity index (χ1) is 6.18. The number of halogens is 1. The van der Waals surface area contributed by atoms with E-state index < -0.39 is 0 Å². The van der Waals surface area contributed by atoms with E-state index in [4.69, 9.17) is 11.6 Å². The predicted molar refractivity (Wildman–Crippen MR) is 57.4 cm³/mol. The van der Waals surface area contributed by atoms with Gasteiger partial charge >= 0.3 is 0 Å². The molecule has 1 aromatic rings. The van der Waals surface area contributed by atoms with Crippen LogP contribution in [0.2, 0.25) is 0 Å². The maximum absolute atomic E-state index is 6.29. The summed E-state index contributed by atoms with van der Waals surface area (Å²) in [6.07, 6.45) is 3.59. The van der Waals surface area contributed by atoms with Crippen molar-refractivity contribution < 1.29 is 0 Å². The van der Waals surface area contributed by atoms with E-state index >= 15 is 0 Å². The summed E-state index contributed by atoms with van der Waals surface area (Å²) < 4.78 is 0. The second-order valence-electron chi connectivity index (χ2n) is 4.01. The fraction of sp³-hybridized carbons (Fsp3) is 0.500. The summed E-state index contributed by atoms with van der Waals surface area (Å²) >= 11 is 6.29. The van der Waals surface area contributed by atoms with Gasteiger partial charge in [0.1, 0.15) is 0 Å². The first-order valence-electron chi connectivity index (χ1n) is 4.92. The zero-order valence-electron chi connectivity index (χ0n) is 8.23. The van der Waals surface area contributed by atoms with Gasteiger partial charge in [-0.2, -0.15) is 0 Å². The largest absolute Gasteiger partial charge is 0.118 e. The minimum Gasteiger partial charge on any atom is -0.118 e. The van der Waals surface area contributed by atoms with Crippen molar-refractivity contribution in [1.82, 2.24) is 0 Å². The van der Waals surface area contributed by atoms with Gasteiger partial charge in [-0.15, -0.1) is 11.6 Å². The second kappa shape index (κ2) is 3.34. The van der Waals surface area contributed by atoms with Crippen LogP contribution in [0, 0.1) is 13.8 Å². The molecular formula is C12H15Cl. The molecule has 0 nitrogen and oxygen atoms in total. The maximum atomic E-state index is 6.29. The molecule has 0 heterocycles. The molecule has 2 rings (SSSR count). The first-order valence-corrected chi connectivity index (χ1v) is 5.36. The van der Waals surface area contributed by atoms with E-state index in [0.717, 1.165) is 6.42 Å². The van der Waals surface area contributed by atoms with Crippen LogP contribution in [0.15, 0.2) is 12.1 Å². The van der Waals surface area contributed by atoms with Crippen molar-refractivity contribution in [3.8, 4) is 0 Å². The Bertz CT molecular complexity index is 328. The average molecular weight is 195 g/mol. The van der Waals surface area contributed by atoms with Gasteiger partial charge in [-0.25, -0.2) is 0 Å². The van der Waals surface area contributed by atoms with Gasteiger partial charge in [-0.3, -0.25) is 0 Å². The molecule has 0 fully saturated rings. The highest BCUT2D eigenvalue weighted by Gasteiger charge is 2.19. The number of aryl methyl sites for hydroxylation is 2. The molecule has 0 aromatic heterocycles. The lowest BCUT2D eigenvalue weighted by molar-refractivity contribution is 0.663. The Kier molecular flexibility index (Phi) is 2.33. The maximum Gasteiger partial charge on any atom is 0.0588 e. The molecular weight excluding hydrogens is 180 g/mol. The van der Waals surface area contributed by atoms with Gasteiger partial charge in [0, 0.05) is 0 Å². The summed E-state index contributed by atoms with van der Waals surface area (Å²) in [5.41, 5.74) is 5.63. The highest BCUT2D eigenvalue weighted by Crippen LogP contribution is 2.36. The van der Waals surface area contributed by atoms with E-state index in [2.05, 4.69) is 26.0 Å².